The summed E-state index contributed by atoms with van der Waals surface area (Å²) in [5.74, 6) is 0.698. The largest absolute Gasteiger partial charge is 0.505 e. The number of nitrogens with one attached hydrogen (secondary N) is 2. The molecule has 0 saturated heterocycles. The molecule has 0 amide bonds. The second-order valence-corrected chi connectivity index (χ2v) is 8.90. The first-order chi connectivity index (χ1) is 16.9. The van der Waals surface area contributed by atoms with Gasteiger partial charge in [-0.1, -0.05) is 23.8 Å². The Hall–Kier alpha value is -4.15. The minimum Gasteiger partial charge on any atom is -0.505 e. The van der Waals surface area contributed by atoms with Gasteiger partial charge in [0.05, 0.1) is 11.4 Å². The van der Waals surface area contributed by atoms with Crippen LogP contribution in [-0.4, -0.2) is 35.5 Å². The van der Waals surface area contributed by atoms with Crippen molar-refractivity contribution in [3.05, 3.63) is 75.2 Å². The van der Waals surface area contributed by atoms with Gasteiger partial charge in [0, 0.05) is 5.92 Å². The van der Waals surface area contributed by atoms with Gasteiger partial charge in [-0.25, -0.2) is 9.07 Å². The summed E-state index contributed by atoms with van der Waals surface area (Å²) in [4.78, 5) is 13.0. The number of hydrogen-bond acceptors (Lipinski definition) is 7. The molecule has 0 aliphatic heterocycles. The van der Waals surface area contributed by atoms with Crippen LogP contribution in [0.5, 0.6) is 5.75 Å². The van der Waals surface area contributed by atoms with E-state index in [0.717, 1.165) is 31.2 Å². The molecule has 2 atom stereocenters. The van der Waals surface area contributed by atoms with Crippen LogP contribution < -0.4 is 5.56 Å². The number of tetrazole rings is 1. The van der Waals surface area contributed by atoms with Gasteiger partial charge in [-0.2, -0.15) is 5.21 Å². The molecule has 0 radical (unpaired) electrons. The zero-order chi connectivity index (χ0) is 24.5. The van der Waals surface area contributed by atoms with E-state index in [0.29, 0.717) is 22.8 Å². The molecule has 3 N–H and O–H groups in total. The molecule has 10 nitrogen and oxygen atoms in total. The van der Waals surface area contributed by atoms with Gasteiger partial charge in [0.15, 0.2) is 11.5 Å². The number of aromatic amines is 2. The summed E-state index contributed by atoms with van der Waals surface area (Å²) in [5.41, 5.74) is 2.21. The van der Waals surface area contributed by atoms with E-state index >= 15 is 0 Å². The quantitative estimate of drug-likeness (QED) is 0.348. The van der Waals surface area contributed by atoms with Crippen LogP contribution in [0.4, 0.5) is 15.8 Å². The van der Waals surface area contributed by atoms with Crippen LogP contribution >= 0.6 is 0 Å². The lowest BCUT2D eigenvalue weighted by Gasteiger charge is -2.28. The number of hydrogen-bond donors (Lipinski definition) is 3. The molecule has 2 aromatic heterocycles. The summed E-state index contributed by atoms with van der Waals surface area (Å²) < 4.78 is 14.9. The first-order valence-electron chi connectivity index (χ1n) is 11.5. The Kier molecular flexibility index (Phi) is 5.98. The summed E-state index contributed by atoms with van der Waals surface area (Å²) in [5, 5.41) is 36.7. The first kappa shape index (κ1) is 22.6. The number of nitrogens with zero attached hydrogens (tertiary/aromatic N) is 6. The van der Waals surface area contributed by atoms with Gasteiger partial charge < -0.3 is 5.11 Å². The Morgan fingerprint density at radius 2 is 1.97 bits per heavy atom. The van der Waals surface area contributed by atoms with Gasteiger partial charge >= 0.3 is 0 Å². The first-order valence-corrected chi connectivity index (χ1v) is 11.5. The molecule has 2 heterocycles. The van der Waals surface area contributed by atoms with Crippen LogP contribution in [0.2, 0.25) is 0 Å². The third-order valence-electron chi connectivity index (χ3n) is 6.58. The lowest BCUT2D eigenvalue weighted by Crippen LogP contribution is -2.14. The predicted octanol–water partition coefficient (Wildman–Crippen LogP) is 5.00. The highest BCUT2D eigenvalue weighted by molar-refractivity contribution is 5.56. The number of azo groups is 1. The Balaban J connectivity index is 1.41. The van der Waals surface area contributed by atoms with Crippen molar-refractivity contribution in [3.8, 4) is 11.4 Å². The van der Waals surface area contributed by atoms with Crippen molar-refractivity contribution < 1.29 is 9.50 Å². The smallest absolute Gasteiger partial charge is 0.299 e. The molecule has 1 aliphatic rings. The van der Waals surface area contributed by atoms with Crippen LogP contribution in [0.15, 0.2) is 51.4 Å². The fourth-order valence-electron chi connectivity index (χ4n) is 4.72. The number of phenolic OH excluding ortho intramolecular Hbond substituents is 1. The van der Waals surface area contributed by atoms with E-state index in [1.165, 1.54) is 16.8 Å². The number of aryl methyl sites for hydroxylation is 2. The summed E-state index contributed by atoms with van der Waals surface area (Å²) in [6.45, 7) is 3.34. The maximum Gasteiger partial charge on any atom is 0.299 e. The number of aromatic hydroxyl groups is 1. The van der Waals surface area contributed by atoms with Crippen molar-refractivity contribution in [1.29, 1.82) is 0 Å². The SMILES string of the molecule is Cc1cc(-n2[nH]c(C)c(N=Nc3cccc(C4CCCC(c5nn[nH]n5)C4)c3O)c2=O)ccc1F. The maximum atomic E-state index is 13.6. The molecule has 1 saturated carbocycles. The van der Waals surface area contributed by atoms with Gasteiger partial charge in [0.2, 0.25) is 0 Å². The third kappa shape index (κ3) is 4.36. The highest BCUT2D eigenvalue weighted by Crippen LogP contribution is 2.45. The van der Waals surface area contributed by atoms with Gasteiger partial charge in [0.25, 0.3) is 5.56 Å². The molecule has 1 aliphatic carbocycles. The van der Waals surface area contributed by atoms with E-state index in [9.17, 15) is 14.3 Å². The molecule has 2 aromatic carbocycles. The molecular formula is C24H25FN8O2. The van der Waals surface area contributed by atoms with Crippen molar-refractivity contribution in [1.82, 2.24) is 30.4 Å². The van der Waals surface area contributed by atoms with Gasteiger partial charge in [0.1, 0.15) is 17.3 Å². The minimum absolute atomic E-state index is 0.0534. The molecule has 11 heteroatoms. The zero-order valence-corrected chi connectivity index (χ0v) is 19.4. The average Bonchev–Trinajstić information content (AvgIpc) is 3.49. The standard InChI is InChI=1S/C24H25FN8O2/c1-13-11-17(9-10-19(13)25)33-24(35)21(14(2)30-33)27-26-20-8-4-7-18(22(20)34)15-5-3-6-16(12-15)23-28-31-32-29-23/h4,7-11,15-16,30,34H,3,5-6,12H2,1-2H3,(H,28,29,31,32). The summed E-state index contributed by atoms with van der Waals surface area (Å²) in [7, 11) is 0. The lowest BCUT2D eigenvalue weighted by atomic mass is 9.77. The Bertz CT molecular complexity index is 1440. The van der Waals surface area contributed by atoms with E-state index in [1.54, 1.807) is 26.0 Å². The normalized spacial score (nSPS) is 18.4. The Labute approximate surface area is 199 Å². The van der Waals surface area contributed by atoms with E-state index in [4.69, 9.17) is 0 Å². The molecule has 35 heavy (non-hydrogen) atoms. The van der Waals surface area contributed by atoms with Crippen LogP contribution in [0.1, 0.15) is 60.2 Å². The van der Waals surface area contributed by atoms with Crippen LogP contribution in [0, 0.1) is 19.7 Å². The van der Waals surface area contributed by atoms with Crippen molar-refractivity contribution in [2.45, 2.75) is 51.4 Å². The molecule has 1 fully saturated rings. The second kappa shape index (κ2) is 9.24. The fourth-order valence-corrected chi connectivity index (χ4v) is 4.72. The topological polar surface area (TPSA) is 137 Å². The molecule has 0 bridgehead atoms. The van der Waals surface area contributed by atoms with Crippen LogP contribution in [-0.2, 0) is 0 Å². The Morgan fingerprint density at radius 1 is 1.14 bits per heavy atom. The summed E-state index contributed by atoms with van der Waals surface area (Å²) >= 11 is 0. The second-order valence-electron chi connectivity index (χ2n) is 8.90. The number of para-hydroxylation sites is 1. The summed E-state index contributed by atoms with van der Waals surface area (Å²) in [6.07, 6.45) is 3.69. The Morgan fingerprint density at radius 3 is 2.74 bits per heavy atom. The third-order valence-corrected chi connectivity index (χ3v) is 6.58. The van der Waals surface area contributed by atoms with Gasteiger partial charge in [-0.3, -0.25) is 9.89 Å². The number of phenols is 1. The van der Waals surface area contributed by atoms with Crippen LogP contribution in [0.3, 0.4) is 0 Å². The molecule has 180 valence electrons. The van der Waals surface area contributed by atoms with E-state index in [-0.39, 0.29) is 34.8 Å². The fraction of sp³-hybridized carbons (Fsp3) is 0.333. The number of H-pyrrole nitrogens is 2. The van der Waals surface area contributed by atoms with Crippen LogP contribution in [0.25, 0.3) is 5.69 Å². The molecule has 2 unspecified atom stereocenters. The predicted molar refractivity (Wildman–Crippen MR) is 126 cm³/mol. The number of aromatic nitrogens is 6. The molecular weight excluding hydrogens is 451 g/mol. The van der Waals surface area contributed by atoms with Gasteiger partial charge in [-0.05, 0) is 74.4 Å². The van der Waals surface area contributed by atoms with Crippen molar-refractivity contribution in [2.24, 2.45) is 10.2 Å². The summed E-state index contributed by atoms with van der Waals surface area (Å²) in [6, 6.07) is 9.78. The number of rotatable bonds is 5. The molecule has 4 aromatic rings. The monoisotopic (exact) mass is 476 g/mol. The van der Waals surface area contributed by atoms with Crippen molar-refractivity contribution in [3.63, 3.8) is 0 Å². The number of benzene rings is 2. The van der Waals surface area contributed by atoms with E-state index in [1.807, 2.05) is 12.1 Å². The van der Waals surface area contributed by atoms with Crippen molar-refractivity contribution in [2.75, 3.05) is 0 Å². The van der Waals surface area contributed by atoms with E-state index < -0.39 is 5.56 Å². The minimum atomic E-state index is -0.414. The number of halogens is 1. The molecule has 5 rings (SSSR count). The molecule has 0 spiro atoms. The highest BCUT2D eigenvalue weighted by atomic mass is 19.1. The maximum absolute atomic E-state index is 13.6. The van der Waals surface area contributed by atoms with Gasteiger partial charge in [-0.15, -0.1) is 20.4 Å². The zero-order valence-electron chi connectivity index (χ0n) is 19.4. The highest BCUT2D eigenvalue weighted by Gasteiger charge is 2.29. The lowest BCUT2D eigenvalue weighted by molar-refractivity contribution is 0.370. The average molecular weight is 477 g/mol. The van der Waals surface area contributed by atoms with E-state index in [2.05, 4.69) is 36.0 Å². The van der Waals surface area contributed by atoms with Crippen molar-refractivity contribution >= 4 is 11.4 Å².